The van der Waals surface area contributed by atoms with E-state index in [1.807, 2.05) is 19.1 Å². The molecular weight excluding hydrogens is 265 g/mol. The van der Waals surface area contributed by atoms with Gasteiger partial charge in [0.15, 0.2) is 0 Å². The van der Waals surface area contributed by atoms with E-state index in [2.05, 4.69) is 23.8 Å². The molecule has 1 aliphatic heterocycles. The van der Waals surface area contributed by atoms with Crippen LogP contribution in [-0.4, -0.2) is 49.1 Å². The van der Waals surface area contributed by atoms with Gasteiger partial charge in [0.05, 0.1) is 0 Å². The van der Waals surface area contributed by atoms with Gasteiger partial charge in [0, 0.05) is 30.7 Å². The number of likely N-dealkylation sites (N-methyl/N-ethyl adjacent to an activating group) is 2. The molecule has 0 spiro atoms. The van der Waals surface area contributed by atoms with Crippen molar-refractivity contribution in [3.05, 3.63) is 35.1 Å². The van der Waals surface area contributed by atoms with Crippen LogP contribution in [0.5, 0.6) is 0 Å². The first-order valence-electron chi connectivity index (χ1n) is 7.97. The highest BCUT2D eigenvalue weighted by Crippen LogP contribution is 2.25. The van der Waals surface area contributed by atoms with Crippen molar-refractivity contribution >= 4 is 0 Å². The van der Waals surface area contributed by atoms with Crippen LogP contribution in [0, 0.1) is 12.7 Å². The summed E-state index contributed by atoms with van der Waals surface area (Å²) in [6.45, 7) is 7.86. The molecule has 1 saturated heterocycles. The molecule has 0 radical (unpaired) electrons. The summed E-state index contributed by atoms with van der Waals surface area (Å²) in [4.78, 5) is 4.73. The molecule has 1 aromatic carbocycles. The van der Waals surface area contributed by atoms with E-state index >= 15 is 0 Å². The summed E-state index contributed by atoms with van der Waals surface area (Å²) in [6, 6.07) is 5.80. The number of aryl methyl sites for hydroxylation is 1. The minimum absolute atomic E-state index is 0.0517. The lowest BCUT2D eigenvalue weighted by Crippen LogP contribution is -2.42. The number of likely N-dealkylation sites (tertiary alicyclic amines) is 1. The van der Waals surface area contributed by atoms with Crippen LogP contribution in [-0.2, 0) is 0 Å². The van der Waals surface area contributed by atoms with Gasteiger partial charge >= 0.3 is 0 Å². The van der Waals surface area contributed by atoms with Gasteiger partial charge in [-0.3, -0.25) is 9.80 Å². The number of nitrogens with zero attached hydrogens (tertiary/aromatic N) is 2. The van der Waals surface area contributed by atoms with Gasteiger partial charge in [-0.2, -0.15) is 0 Å². The van der Waals surface area contributed by atoms with Crippen LogP contribution in [0.2, 0.25) is 0 Å². The van der Waals surface area contributed by atoms with Gasteiger partial charge in [0.1, 0.15) is 5.82 Å². The maximum absolute atomic E-state index is 14.1. The van der Waals surface area contributed by atoms with E-state index in [1.165, 1.54) is 19.4 Å². The molecule has 1 fully saturated rings. The Balaban J connectivity index is 2.11. The molecule has 0 aliphatic carbocycles. The average Bonchev–Trinajstić information content (AvgIpc) is 2.90. The van der Waals surface area contributed by atoms with E-state index in [1.54, 1.807) is 6.07 Å². The van der Waals surface area contributed by atoms with Crippen molar-refractivity contribution in [2.75, 3.05) is 33.2 Å². The highest BCUT2D eigenvalue weighted by atomic mass is 19.1. The summed E-state index contributed by atoms with van der Waals surface area (Å²) >= 11 is 0. The SMILES string of the molecule is CCN1CCCC1CN(C)C(CN)c1cc(C)ccc1F. The Bertz CT molecular complexity index is 463. The van der Waals surface area contributed by atoms with Gasteiger partial charge < -0.3 is 5.73 Å². The summed E-state index contributed by atoms with van der Waals surface area (Å²) in [5.74, 6) is -0.151. The lowest BCUT2D eigenvalue weighted by molar-refractivity contribution is 0.164. The molecule has 1 aromatic rings. The number of nitrogens with two attached hydrogens (primary N) is 1. The summed E-state index contributed by atoms with van der Waals surface area (Å²) < 4.78 is 14.1. The van der Waals surface area contributed by atoms with E-state index < -0.39 is 0 Å². The van der Waals surface area contributed by atoms with Gasteiger partial charge in [-0.05, 0) is 46.0 Å². The molecular formula is C17H28FN3. The van der Waals surface area contributed by atoms with Crippen LogP contribution >= 0.6 is 0 Å². The molecule has 1 aliphatic rings. The third kappa shape index (κ3) is 3.82. The molecule has 2 N–H and O–H groups in total. The van der Waals surface area contributed by atoms with Gasteiger partial charge in [0.25, 0.3) is 0 Å². The van der Waals surface area contributed by atoms with Crippen LogP contribution in [0.3, 0.4) is 0 Å². The first-order chi connectivity index (χ1) is 10.1. The van der Waals surface area contributed by atoms with Crippen molar-refractivity contribution in [3.63, 3.8) is 0 Å². The largest absolute Gasteiger partial charge is 0.329 e. The molecule has 21 heavy (non-hydrogen) atoms. The summed E-state index contributed by atoms with van der Waals surface area (Å²) in [5, 5.41) is 0. The monoisotopic (exact) mass is 293 g/mol. The molecule has 1 heterocycles. The van der Waals surface area contributed by atoms with Crippen molar-refractivity contribution in [1.29, 1.82) is 0 Å². The normalized spacial score (nSPS) is 21.1. The first-order valence-corrected chi connectivity index (χ1v) is 7.97. The van der Waals surface area contributed by atoms with Crippen LogP contribution in [0.15, 0.2) is 18.2 Å². The van der Waals surface area contributed by atoms with Crippen LogP contribution < -0.4 is 5.73 Å². The molecule has 3 nitrogen and oxygen atoms in total. The molecule has 0 amide bonds. The smallest absolute Gasteiger partial charge is 0.128 e. The van der Waals surface area contributed by atoms with E-state index in [4.69, 9.17) is 5.73 Å². The highest BCUT2D eigenvalue weighted by Gasteiger charge is 2.27. The van der Waals surface area contributed by atoms with E-state index in [-0.39, 0.29) is 11.9 Å². The zero-order valence-electron chi connectivity index (χ0n) is 13.5. The highest BCUT2D eigenvalue weighted by molar-refractivity contribution is 5.27. The average molecular weight is 293 g/mol. The van der Waals surface area contributed by atoms with Gasteiger partial charge in [-0.15, -0.1) is 0 Å². The minimum Gasteiger partial charge on any atom is -0.329 e. The quantitative estimate of drug-likeness (QED) is 0.875. The van der Waals surface area contributed by atoms with Crippen molar-refractivity contribution in [2.24, 2.45) is 5.73 Å². The fourth-order valence-corrected chi connectivity index (χ4v) is 3.44. The van der Waals surface area contributed by atoms with Crippen LogP contribution in [0.4, 0.5) is 4.39 Å². The van der Waals surface area contributed by atoms with Crippen LogP contribution in [0.25, 0.3) is 0 Å². The second kappa shape index (κ2) is 7.34. The zero-order chi connectivity index (χ0) is 15.4. The summed E-state index contributed by atoms with van der Waals surface area (Å²) in [5.41, 5.74) is 7.75. The number of benzene rings is 1. The van der Waals surface area contributed by atoms with Gasteiger partial charge in [0.2, 0.25) is 0 Å². The summed E-state index contributed by atoms with van der Waals surface area (Å²) in [6.07, 6.45) is 2.49. The minimum atomic E-state index is -0.151. The standard InChI is InChI=1S/C17H28FN3/c1-4-21-9-5-6-14(21)12-20(3)17(11-19)15-10-13(2)7-8-16(15)18/h7-8,10,14,17H,4-6,9,11-12,19H2,1-3H3. The molecule has 2 atom stereocenters. The Hall–Kier alpha value is -0.970. The molecule has 0 saturated carbocycles. The lowest BCUT2D eigenvalue weighted by atomic mass is 10.0. The molecule has 118 valence electrons. The molecule has 0 aromatic heterocycles. The number of hydrogen-bond donors (Lipinski definition) is 1. The Labute approximate surface area is 127 Å². The Kier molecular flexibility index (Phi) is 5.73. The fourth-order valence-electron chi connectivity index (χ4n) is 3.44. The maximum atomic E-state index is 14.1. The third-order valence-corrected chi connectivity index (χ3v) is 4.67. The third-order valence-electron chi connectivity index (χ3n) is 4.67. The predicted octanol–water partition coefficient (Wildman–Crippen LogP) is 2.55. The van der Waals surface area contributed by atoms with Gasteiger partial charge in [-0.1, -0.05) is 24.6 Å². The van der Waals surface area contributed by atoms with E-state index in [0.29, 0.717) is 12.6 Å². The fraction of sp³-hybridized carbons (Fsp3) is 0.647. The van der Waals surface area contributed by atoms with Crippen molar-refractivity contribution in [2.45, 2.75) is 38.8 Å². The number of rotatable bonds is 6. The number of hydrogen-bond acceptors (Lipinski definition) is 3. The van der Waals surface area contributed by atoms with Crippen molar-refractivity contribution < 1.29 is 4.39 Å². The Morgan fingerprint density at radius 3 is 2.90 bits per heavy atom. The van der Waals surface area contributed by atoms with Crippen LogP contribution in [0.1, 0.15) is 36.9 Å². The molecule has 2 rings (SSSR count). The van der Waals surface area contributed by atoms with Gasteiger partial charge in [-0.25, -0.2) is 4.39 Å². The second-order valence-electron chi connectivity index (χ2n) is 6.14. The predicted molar refractivity (Wildman–Crippen MR) is 85.8 cm³/mol. The first kappa shape index (κ1) is 16.4. The second-order valence-corrected chi connectivity index (χ2v) is 6.14. The Morgan fingerprint density at radius 1 is 1.48 bits per heavy atom. The zero-order valence-corrected chi connectivity index (χ0v) is 13.5. The Morgan fingerprint density at radius 2 is 2.24 bits per heavy atom. The van der Waals surface area contributed by atoms with E-state index in [0.717, 1.165) is 24.2 Å². The molecule has 0 bridgehead atoms. The molecule has 4 heteroatoms. The van der Waals surface area contributed by atoms with E-state index in [9.17, 15) is 4.39 Å². The topological polar surface area (TPSA) is 32.5 Å². The van der Waals surface area contributed by atoms with Crippen molar-refractivity contribution in [1.82, 2.24) is 9.80 Å². The maximum Gasteiger partial charge on any atom is 0.128 e. The molecule has 2 unspecified atom stereocenters. The summed E-state index contributed by atoms with van der Waals surface area (Å²) in [7, 11) is 2.06. The van der Waals surface area contributed by atoms with Crippen molar-refractivity contribution in [3.8, 4) is 0 Å². The number of halogens is 1. The lowest BCUT2D eigenvalue weighted by Gasteiger charge is -2.33.